The number of aryl methyl sites for hydroxylation is 2. The SMILES string of the molecule is Cc1ccc(N=C2SCC(C)N2C(=O)c2ccoc2)c(C)c1. The van der Waals surface area contributed by atoms with Crippen molar-refractivity contribution < 1.29 is 9.21 Å². The van der Waals surface area contributed by atoms with Gasteiger partial charge in [-0.05, 0) is 38.5 Å². The van der Waals surface area contributed by atoms with Gasteiger partial charge in [0.2, 0.25) is 0 Å². The van der Waals surface area contributed by atoms with Crippen LogP contribution in [0.15, 0.2) is 46.2 Å². The van der Waals surface area contributed by atoms with Gasteiger partial charge in [-0.15, -0.1) is 0 Å². The van der Waals surface area contributed by atoms with Crippen molar-refractivity contribution in [2.75, 3.05) is 5.75 Å². The Kier molecular flexibility index (Phi) is 4.07. The second kappa shape index (κ2) is 6.01. The fourth-order valence-electron chi connectivity index (χ4n) is 2.46. The van der Waals surface area contributed by atoms with E-state index in [9.17, 15) is 4.79 Å². The van der Waals surface area contributed by atoms with Gasteiger partial charge in [0.25, 0.3) is 5.91 Å². The summed E-state index contributed by atoms with van der Waals surface area (Å²) in [4.78, 5) is 19.1. The van der Waals surface area contributed by atoms with Gasteiger partial charge in [-0.3, -0.25) is 9.69 Å². The number of hydrogen-bond donors (Lipinski definition) is 0. The normalized spacial score (nSPS) is 19.9. The van der Waals surface area contributed by atoms with E-state index in [1.807, 2.05) is 26.0 Å². The van der Waals surface area contributed by atoms with Gasteiger partial charge in [0.15, 0.2) is 5.17 Å². The van der Waals surface area contributed by atoms with Crippen LogP contribution in [0.1, 0.15) is 28.4 Å². The first-order chi connectivity index (χ1) is 10.6. The summed E-state index contributed by atoms with van der Waals surface area (Å²) in [5.41, 5.74) is 3.79. The molecule has 1 unspecified atom stereocenters. The number of nitrogens with zero attached hydrogens (tertiary/aromatic N) is 2. The molecule has 114 valence electrons. The molecule has 1 aliphatic heterocycles. The lowest BCUT2D eigenvalue weighted by molar-refractivity contribution is 0.0828. The molecular weight excluding hydrogens is 296 g/mol. The summed E-state index contributed by atoms with van der Waals surface area (Å²) in [7, 11) is 0. The molecule has 0 spiro atoms. The fourth-order valence-corrected chi connectivity index (χ4v) is 3.56. The van der Waals surface area contributed by atoms with Crippen LogP contribution in [0.5, 0.6) is 0 Å². The molecule has 5 heteroatoms. The highest BCUT2D eigenvalue weighted by atomic mass is 32.2. The molecule has 0 radical (unpaired) electrons. The number of amides is 1. The quantitative estimate of drug-likeness (QED) is 0.836. The van der Waals surface area contributed by atoms with Gasteiger partial charge in [-0.2, -0.15) is 0 Å². The van der Waals surface area contributed by atoms with Gasteiger partial charge in [0.1, 0.15) is 6.26 Å². The van der Waals surface area contributed by atoms with Gasteiger partial charge in [0.05, 0.1) is 17.5 Å². The number of rotatable bonds is 2. The van der Waals surface area contributed by atoms with Gasteiger partial charge in [0, 0.05) is 11.8 Å². The summed E-state index contributed by atoms with van der Waals surface area (Å²) < 4.78 is 5.02. The Morgan fingerprint density at radius 1 is 1.36 bits per heavy atom. The third-order valence-electron chi connectivity index (χ3n) is 3.66. The second-order valence-corrected chi connectivity index (χ2v) is 6.52. The van der Waals surface area contributed by atoms with E-state index in [0.29, 0.717) is 5.56 Å². The topological polar surface area (TPSA) is 45.8 Å². The smallest absolute Gasteiger partial charge is 0.263 e. The lowest BCUT2D eigenvalue weighted by atomic mass is 10.1. The molecule has 1 atom stereocenters. The number of thioether (sulfide) groups is 1. The molecule has 0 N–H and O–H groups in total. The number of benzene rings is 1. The van der Waals surface area contributed by atoms with Crippen molar-refractivity contribution in [3.05, 3.63) is 53.5 Å². The Morgan fingerprint density at radius 3 is 2.86 bits per heavy atom. The van der Waals surface area contributed by atoms with Crippen molar-refractivity contribution in [1.29, 1.82) is 0 Å². The Hall–Kier alpha value is -2.01. The first kappa shape index (κ1) is 14.9. The van der Waals surface area contributed by atoms with E-state index in [1.165, 1.54) is 18.1 Å². The predicted molar refractivity (Wildman–Crippen MR) is 89.8 cm³/mol. The largest absolute Gasteiger partial charge is 0.472 e. The van der Waals surface area contributed by atoms with E-state index in [1.54, 1.807) is 22.7 Å². The van der Waals surface area contributed by atoms with Crippen LogP contribution < -0.4 is 0 Å². The van der Waals surface area contributed by atoms with Crippen LogP contribution in [-0.4, -0.2) is 27.8 Å². The highest BCUT2D eigenvalue weighted by Crippen LogP contribution is 2.30. The first-order valence-corrected chi connectivity index (χ1v) is 8.19. The number of carbonyl (C=O) groups is 1. The molecule has 1 fully saturated rings. The Bertz CT molecular complexity index is 722. The molecule has 0 aliphatic carbocycles. The molecule has 4 nitrogen and oxygen atoms in total. The average molecular weight is 314 g/mol. The summed E-state index contributed by atoms with van der Waals surface area (Å²) in [5, 5.41) is 0.755. The van der Waals surface area contributed by atoms with Crippen molar-refractivity contribution in [2.24, 2.45) is 4.99 Å². The van der Waals surface area contributed by atoms with Crippen molar-refractivity contribution in [1.82, 2.24) is 4.90 Å². The van der Waals surface area contributed by atoms with E-state index in [-0.39, 0.29) is 11.9 Å². The van der Waals surface area contributed by atoms with Gasteiger partial charge in [-0.25, -0.2) is 4.99 Å². The number of hydrogen-bond acceptors (Lipinski definition) is 4. The van der Waals surface area contributed by atoms with Crippen LogP contribution >= 0.6 is 11.8 Å². The van der Waals surface area contributed by atoms with E-state index in [0.717, 1.165) is 22.2 Å². The van der Waals surface area contributed by atoms with Crippen LogP contribution in [-0.2, 0) is 0 Å². The van der Waals surface area contributed by atoms with Crippen molar-refractivity contribution in [3.63, 3.8) is 0 Å². The Labute approximate surface area is 134 Å². The molecular formula is C17H18N2O2S. The van der Waals surface area contributed by atoms with E-state index in [2.05, 4.69) is 13.0 Å². The molecule has 0 bridgehead atoms. The minimum absolute atomic E-state index is 0.0604. The third kappa shape index (κ3) is 2.81. The maximum absolute atomic E-state index is 12.6. The summed E-state index contributed by atoms with van der Waals surface area (Å²) in [6.07, 6.45) is 2.99. The zero-order valence-corrected chi connectivity index (χ0v) is 13.7. The van der Waals surface area contributed by atoms with E-state index in [4.69, 9.17) is 9.41 Å². The Balaban J connectivity index is 1.95. The second-order valence-electron chi connectivity index (χ2n) is 5.53. The van der Waals surface area contributed by atoms with Gasteiger partial charge < -0.3 is 4.42 Å². The minimum atomic E-state index is -0.0604. The number of amidine groups is 1. The molecule has 1 aromatic carbocycles. The highest BCUT2D eigenvalue weighted by Gasteiger charge is 2.33. The van der Waals surface area contributed by atoms with Crippen molar-refractivity contribution >= 4 is 28.5 Å². The number of carbonyl (C=O) groups excluding carboxylic acids is 1. The zero-order chi connectivity index (χ0) is 15.7. The van der Waals surface area contributed by atoms with Crippen molar-refractivity contribution in [2.45, 2.75) is 26.8 Å². The first-order valence-electron chi connectivity index (χ1n) is 7.21. The lowest BCUT2D eigenvalue weighted by Gasteiger charge is -2.20. The predicted octanol–water partition coefficient (Wildman–Crippen LogP) is 4.16. The summed E-state index contributed by atoms with van der Waals surface area (Å²) in [5.74, 6) is 0.794. The maximum Gasteiger partial charge on any atom is 0.263 e. The molecule has 0 saturated carbocycles. The molecule has 1 aliphatic rings. The summed E-state index contributed by atoms with van der Waals surface area (Å²) in [6.45, 7) is 6.14. The molecule has 22 heavy (non-hydrogen) atoms. The third-order valence-corrected chi connectivity index (χ3v) is 4.85. The van der Waals surface area contributed by atoms with Crippen LogP contribution in [0.25, 0.3) is 0 Å². The van der Waals surface area contributed by atoms with Crippen LogP contribution in [0.4, 0.5) is 5.69 Å². The summed E-state index contributed by atoms with van der Waals surface area (Å²) >= 11 is 1.62. The highest BCUT2D eigenvalue weighted by molar-refractivity contribution is 8.14. The average Bonchev–Trinajstić information content (AvgIpc) is 3.11. The van der Waals surface area contributed by atoms with Crippen LogP contribution in [0, 0.1) is 13.8 Å². The minimum Gasteiger partial charge on any atom is -0.472 e. The van der Waals surface area contributed by atoms with Crippen LogP contribution in [0.3, 0.4) is 0 Å². The molecule has 3 rings (SSSR count). The molecule has 2 aromatic rings. The standard InChI is InChI=1S/C17H18N2O2S/c1-11-4-5-15(12(2)8-11)18-17-19(13(3)10-22-17)16(20)14-6-7-21-9-14/h4-9,13H,10H2,1-3H3. The monoisotopic (exact) mass is 314 g/mol. The molecule has 1 aromatic heterocycles. The zero-order valence-electron chi connectivity index (χ0n) is 12.9. The number of furan rings is 1. The summed E-state index contributed by atoms with van der Waals surface area (Å²) in [6, 6.07) is 7.95. The van der Waals surface area contributed by atoms with Gasteiger partial charge >= 0.3 is 0 Å². The number of aliphatic imine (C=N–C) groups is 1. The van der Waals surface area contributed by atoms with E-state index < -0.39 is 0 Å². The lowest BCUT2D eigenvalue weighted by Crippen LogP contribution is -2.37. The fraction of sp³-hybridized carbons (Fsp3) is 0.294. The van der Waals surface area contributed by atoms with Gasteiger partial charge in [-0.1, -0.05) is 29.5 Å². The van der Waals surface area contributed by atoms with Crippen LogP contribution in [0.2, 0.25) is 0 Å². The molecule has 2 heterocycles. The molecule has 1 saturated heterocycles. The van der Waals surface area contributed by atoms with Crippen molar-refractivity contribution in [3.8, 4) is 0 Å². The molecule has 1 amide bonds. The maximum atomic E-state index is 12.6. The Morgan fingerprint density at radius 2 is 2.18 bits per heavy atom. The van der Waals surface area contributed by atoms with E-state index >= 15 is 0 Å².